The first-order valence-corrected chi connectivity index (χ1v) is 8.33. The van der Waals surface area contributed by atoms with E-state index in [-0.39, 0.29) is 29.8 Å². The number of hydrogen-bond acceptors (Lipinski definition) is 4. The Bertz CT molecular complexity index is 527. The van der Waals surface area contributed by atoms with Crippen molar-refractivity contribution < 1.29 is 4.79 Å². The number of hydrogen-bond donors (Lipinski definition) is 2. The van der Waals surface area contributed by atoms with Crippen LogP contribution in [0.2, 0.25) is 0 Å². The van der Waals surface area contributed by atoms with Gasteiger partial charge in [0.2, 0.25) is 5.91 Å². The largest absolute Gasteiger partial charge is 0.322 e. The van der Waals surface area contributed by atoms with Gasteiger partial charge in [0, 0.05) is 11.5 Å². The highest BCUT2D eigenvalue weighted by Crippen LogP contribution is 2.33. The Balaban J connectivity index is 0.00000192. The third-order valence-corrected chi connectivity index (χ3v) is 4.77. The maximum absolute atomic E-state index is 12.4. The third-order valence-electron chi connectivity index (χ3n) is 4.77. The van der Waals surface area contributed by atoms with Gasteiger partial charge in [-0.05, 0) is 25.2 Å². The van der Waals surface area contributed by atoms with Gasteiger partial charge in [-0.15, -0.1) is 12.4 Å². The van der Waals surface area contributed by atoms with Crippen molar-refractivity contribution in [2.75, 3.05) is 5.32 Å². The number of rotatable bonds is 2. The predicted octanol–water partition coefficient (Wildman–Crippen LogP) is 3.06. The highest BCUT2D eigenvalue weighted by atomic mass is 35.5. The number of amides is 1. The lowest BCUT2D eigenvalue weighted by atomic mass is 9.85. The summed E-state index contributed by atoms with van der Waals surface area (Å²) in [7, 11) is 0. The Morgan fingerprint density at radius 2 is 1.87 bits per heavy atom. The van der Waals surface area contributed by atoms with Gasteiger partial charge in [-0.3, -0.25) is 4.79 Å². The summed E-state index contributed by atoms with van der Waals surface area (Å²) >= 11 is 0. The molecule has 0 radical (unpaired) electrons. The molecule has 0 bridgehead atoms. The fraction of sp³-hybridized carbons (Fsp3) is 0.706. The summed E-state index contributed by atoms with van der Waals surface area (Å²) in [5.41, 5.74) is 0.597. The molecule has 1 aromatic heterocycles. The van der Waals surface area contributed by atoms with Gasteiger partial charge in [0.1, 0.15) is 5.82 Å². The molecule has 5 nitrogen and oxygen atoms in total. The van der Waals surface area contributed by atoms with Crippen molar-refractivity contribution in [3.05, 3.63) is 18.2 Å². The molecule has 2 heterocycles. The lowest BCUT2D eigenvalue weighted by Crippen LogP contribution is -2.39. The SMILES string of the molecule is CC(C)(C)c1ncc(NC(=O)C2CC3CCCCC3N2)cn1.Cl. The van der Waals surface area contributed by atoms with Gasteiger partial charge < -0.3 is 10.6 Å². The van der Waals surface area contributed by atoms with E-state index in [0.29, 0.717) is 17.6 Å². The van der Waals surface area contributed by atoms with E-state index >= 15 is 0 Å². The van der Waals surface area contributed by atoms with E-state index in [0.717, 1.165) is 12.2 Å². The number of aromatic nitrogens is 2. The van der Waals surface area contributed by atoms with Gasteiger partial charge in [-0.2, -0.15) is 0 Å². The Kier molecular flexibility index (Phi) is 5.63. The standard InChI is InChI=1S/C17H26N4O.ClH/c1-17(2,3)16-18-9-12(10-19-16)20-15(22)14-8-11-6-4-5-7-13(11)21-14;/h9-11,13-14,21H,4-8H2,1-3H3,(H,20,22);1H. The smallest absolute Gasteiger partial charge is 0.241 e. The normalized spacial score (nSPS) is 27.0. The summed E-state index contributed by atoms with van der Waals surface area (Å²) in [6.07, 6.45) is 9.41. The van der Waals surface area contributed by atoms with Gasteiger partial charge in [0.25, 0.3) is 0 Å². The van der Waals surface area contributed by atoms with Crippen LogP contribution in [-0.2, 0) is 10.2 Å². The summed E-state index contributed by atoms with van der Waals surface area (Å²) < 4.78 is 0. The summed E-state index contributed by atoms with van der Waals surface area (Å²) in [4.78, 5) is 21.1. The molecule has 3 unspecified atom stereocenters. The van der Waals surface area contributed by atoms with Crippen LogP contribution in [0.1, 0.15) is 58.7 Å². The second-order valence-electron chi connectivity index (χ2n) is 7.64. The molecular weight excluding hydrogens is 312 g/mol. The molecule has 2 fully saturated rings. The van der Waals surface area contributed by atoms with Crippen LogP contribution >= 0.6 is 12.4 Å². The van der Waals surface area contributed by atoms with Crippen LogP contribution in [0.4, 0.5) is 5.69 Å². The lowest BCUT2D eigenvalue weighted by molar-refractivity contribution is -0.117. The van der Waals surface area contributed by atoms with E-state index in [4.69, 9.17) is 0 Å². The van der Waals surface area contributed by atoms with E-state index in [1.54, 1.807) is 12.4 Å². The molecular formula is C17H27ClN4O. The molecule has 3 rings (SSSR count). The average Bonchev–Trinajstić information content (AvgIpc) is 2.91. The Labute approximate surface area is 144 Å². The molecule has 1 saturated carbocycles. The number of anilines is 1. The van der Waals surface area contributed by atoms with Crippen molar-refractivity contribution in [3.63, 3.8) is 0 Å². The van der Waals surface area contributed by atoms with Crippen LogP contribution < -0.4 is 10.6 Å². The lowest BCUT2D eigenvalue weighted by Gasteiger charge is -2.24. The van der Waals surface area contributed by atoms with E-state index in [9.17, 15) is 4.79 Å². The van der Waals surface area contributed by atoms with Crippen molar-refractivity contribution >= 4 is 24.0 Å². The number of nitrogens with zero attached hydrogens (tertiary/aromatic N) is 2. The number of carbonyl (C=O) groups is 1. The second kappa shape index (κ2) is 7.14. The molecule has 1 saturated heterocycles. The summed E-state index contributed by atoms with van der Waals surface area (Å²) in [5.74, 6) is 1.50. The minimum absolute atomic E-state index is 0. The highest BCUT2D eigenvalue weighted by Gasteiger charge is 2.38. The zero-order valence-corrected chi connectivity index (χ0v) is 14.9. The molecule has 2 N–H and O–H groups in total. The Morgan fingerprint density at radius 3 is 2.48 bits per heavy atom. The summed E-state index contributed by atoms with van der Waals surface area (Å²) in [6.45, 7) is 6.22. The maximum Gasteiger partial charge on any atom is 0.241 e. The fourth-order valence-corrected chi connectivity index (χ4v) is 3.53. The molecule has 128 valence electrons. The first kappa shape index (κ1) is 18.1. The fourth-order valence-electron chi connectivity index (χ4n) is 3.53. The van der Waals surface area contributed by atoms with Crippen LogP contribution in [0, 0.1) is 5.92 Å². The molecule has 2 aliphatic rings. The predicted molar refractivity (Wildman–Crippen MR) is 93.9 cm³/mol. The Morgan fingerprint density at radius 1 is 1.22 bits per heavy atom. The molecule has 3 atom stereocenters. The monoisotopic (exact) mass is 338 g/mol. The number of nitrogens with one attached hydrogen (secondary N) is 2. The van der Waals surface area contributed by atoms with Crippen LogP contribution in [0.5, 0.6) is 0 Å². The van der Waals surface area contributed by atoms with Gasteiger partial charge in [-0.1, -0.05) is 33.6 Å². The highest BCUT2D eigenvalue weighted by molar-refractivity contribution is 5.94. The molecule has 1 aliphatic carbocycles. The molecule has 0 spiro atoms. The van der Waals surface area contributed by atoms with Crippen molar-refractivity contribution in [1.82, 2.24) is 15.3 Å². The van der Waals surface area contributed by atoms with Crippen LogP contribution in [0.25, 0.3) is 0 Å². The van der Waals surface area contributed by atoms with Gasteiger partial charge in [-0.25, -0.2) is 9.97 Å². The number of halogens is 1. The second-order valence-corrected chi connectivity index (χ2v) is 7.64. The molecule has 0 aromatic carbocycles. The average molecular weight is 339 g/mol. The van der Waals surface area contributed by atoms with Crippen molar-refractivity contribution in [3.8, 4) is 0 Å². The summed E-state index contributed by atoms with van der Waals surface area (Å²) in [6, 6.07) is 0.458. The Hall–Kier alpha value is -1.20. The van der Waals surface area contributed by atoms with E-state index in [2.05, 4.69) is 41.4 Å². The van der Waals surface area contributed by atoms with Crippen molar-refractivity contribution in [2.24, 2.45) is 5.92 Å². The first-order valence-electron chi connectivity index (χ1n) is 8.33. The minimum atomic E-state index is -0.0781. The molecule has 1 aliphatic heterocycles. The summed E-state index contributed by atoms with van der Waals surface area (Å²) in [5, 5.41) is 6.44. The maximum atomic E-state index is 12.4. The minimum Gasteiger partial charge on any atom is -0.322 e. The quantitative estimate of drug-likeness (QED) is 0.869. The van der Waals surface area contributed by atoms with Crippen LogP contribution in [0.15, 0.2) is 12.4 Å². The first-order chi connectivity index (χ1) is 10.4. The van der Waals surface area contributed by atoms with Crippen LogP contribution in [-0.4, -0.2) is 28.0 Å². The molecule has 1 amide bonds. The molecule has 1 aromatic rings. The van der Waals surface area contributed by atoms with Gasteiger partial charge in [0.05, 0.1) is 24.1 Å². The number of fused-ring (bicyclic) bond motifs is 1. The third kappa shape index (κ3) is 4.21. The molecule has 6 heteroatoms. The van der Waals surface area contributed by atoms with Crippen molar-refractivity contribution in [1.29, 1.82) is 0 Å². The van der Waals surface area contributed by atoms with E-state index in [1.807, 2.05) is 0 Å². The van der Waals surface area contributed by atoms with E-state index in [1.165, 1.54) is 25.7 Å². The zero-order chi connectivity index (χ0) is 15.7. The van der Waals surface area contributed by atoms with Gasteiger partial charge >= 0.3 is 0 Å². The van der Waals surface area contributed by atoms with Crippen LogP contribution in [0.3, 0.4) is 0 Å². The topological polar surface area (TPSA) is 66.9 Å². The number of carbonyl (C=O) groups excluding carboxylic acids is 1. The van der Waals surface area contributed by atoms with E-state index < -0.39 is 0 Å². The van der Waals surface area contributed by atoms with Crippen molar-refractivity contribution in [2.45, 2.75) is 70.4 Å². The zero-order valence-electron chi connectivity index (χ0n) is 14.1. The molecule has 23 heavy (non-hydrogen) atoms. The van der Waals surface area contributed by atoms with Gasteiger partial charge in [0.15, 0.2) is 0 Å².